The summed E-state index contributed by atoms with van der Waals surface area (Å²) >= 11 is 6.30. The molecule has 2 heteroatoms. The molecule has 104 valence electrons. The lowest BCUT2D eigenvalue weighted by Gasteiger charge is -2.41. The Hall–Kier alpha value is 0.250. The molecule has 18 heavy (non-hydrogen) atoms. The van der Waals surface area contributed by atoms with Gasteiger partial charge in [-0.05, 0) is 62.3 Å². The van der Waals surface area contributed by atoms with Gasteiger partial charge in [0.05, 0.1) is 0 Å². The van der Waals surface area contributed by atoms with E-state index in [-0.39, 0.29) is 5.54 Å². The fourth-order valence-electron chi connectivity index (χ4n) is 4.96. The van der Waals surface area contributed by atoms with Gasteiger partial charge < -0.3 is 5.32 Å². The molecule has 3 fully saturated rings. The second-order valence-electron chi connectivity index (χ2n) is 7.43. The van der Waals surface area contributed by atoms with Gasteiger partial charge in [0, 0.05) is 11.4 Å². The second-order valence-corrected chi connectivity index (χ2v) is 7.70. The molecule has 1 N–H and O–H groups in total. The molecule has 0 amide bonds. The fourth-order valence-corrected chi connectivity index (χ4v) is 5.30. The normalized spacial score (nSPS) is 47.7. The molecule has 0 heterocycles. The fraction of sp³-hybridized carbons (Fsp3) is 1.00. The molecule has 5 atom stereocenters. The van der Waals surface area contributed by atoms with Crippen LogP contribution >= 0.6 is 11.6 Å². The zero-order chi connectivity index (χ0) is 12.6. The van der Waals surface area contributed by atoms with Crippen LogP contribution in [0, 0.1) is 23.7 Å². The number of hydrogen-bond acceptors (Lipinski definition) is 1. The summed E-state index contributed by atoms with van der Waals surface area (Å²) in [5.74, 6) is 4.72. The van der Waals surface area contributed by atoms with Crippen molar-refractivity contribution in [2.45, 2.75) is 63.8 Å². The molecule has 0 aromatic carbocycles. The molecule has 2 bridgehead atoms. The minimum absolute atomic E-state index is 0.265. The molecule has 0 spiro atoms. The quantitative estimate of drug-likeness (QED) is 0.755. The third kappa shape index (κ3) is 2.58. The standard InChI is InChI=1S/C16H28ClN/c1-12-3-2-6-16(9-12,11-17)18-10-15-8-13-4-5-14(15)7-13/h12-15,18H,2-11H2,1H3. The molecule has 1 nitrogen and oxygen atoms in total. The van der Waals surface area contributed by atoms with Gasteiger partial charge in [-0.15, -0.1) is 11.6 Å². The van der Waals surface area contributed by atoms with Gasteiger partial charge in [0.2, 0.25) is 0 Å². The summed E-state index contributed by atoms with van der Waals surface area (Å²) in [4.78, 5) is 0. The molecule has 3 rings (SSSR count). The van der Waals surface area contributed by atoms with Crippen LogP contribution in [-0.4, -0.2) is 18.0 Å². The van der Waals surface area contributed by atoms with E-state index < -0.39 is 0 Å². The van der Waals surface area contributed by atoms with Crippen molar-refractivity contribution in [3.63, 3.8) is 0 Å². The van der Waals surface area contributed by atoms with E-state index >= 15 is 0 Å². The van der Waals surface area contributed by atoms with Crippen molar-refractivity contribution in [2.75, 3.05) is 12.4 Å². The van der Waals surface area contributed by atoms with Crippen molar-refractivity contribution >= 4 is 11.6 Å². The topological polar surface area (TPSA) is 12.0 Å². The van der Waals surface area contributed by atoms with Crippen LogP contribution in [0.3, 0.4) is 0 Å². The Morgan fingerprint density at radius 2 is 2.11 bits per heavy atom. The van der Waals surface area contributed by atoms with Crippen LogP contribution in [0.25, 0.3) is 0 Å². The Morgan fingerprint density at radius 1 is 1.22 bits per heavy atom. The smallest absolute Gasteiger partial charge is 0.0406 e. The van der Waals surface area contributed by atoms with Crippen LogP contribution < -0.4 is 5.32 Å². The van der Waals surface area contributed by atoms with Gasteiger partial charge in [-0.3, -0.25) is 0 Å². The monoisotopic (exact) mass is 269 g/mol. The van der Waals surface area contributed by atoms with Gasteiger partial charge in [0.25, 0.3) is 0 Å². The first-order valence-corrected chi connectivity index (χ1v) is 8.55. The van der Waals surface area contributed by atoms with Crippen LogP contribution in [0.1, 0.15) is 58.3 Å². The summed E-state index contributed by atoms with van der Waals surface area (Å²) in [6, 6.07) is 0. The predicted octanol–water partition coefficient (Wildman–Crippen LogP) is 4.20. The Bertz CT molecular complexity index is 293. The Kier molecular flexibility index (Phi) is 3.92. The summed E-state index contributed by atoms with van der Waals surface area (Å²) in [5, 5.41) is 3.91. The third-order valence-corrected chi connectivity index (χ3v) is 6.48. The number of nitrogens with one attached hydrogen (secondary N) is 1. The van der Waals surface area contributed by atoms with E-state index in [1.54, 1.807) is 0 Å². The average molecular weight is 270 g/mol. The number of halogens is 1. The molecular weight excluding hydrogens is 242 g/mol. The molecule has 0 saturated heterocycles. The zero-order valence-electron chi connectivity index (χ0n) is 11.8. The molecule has 0 aliphatic heterocycles. The molecule has 0 radical (unpaired) electrons. The zero-order valence-corrected chi connectivity index (χ0v) is 12.5. The first kappa shape index (κ1) is 13.2. The highest BCUT2D eigenvalue weighted by Crippen LogP contribution is 2.48. The van der Waals surface area contributed by atoms with Crippen molar-refractivity contribution in [2.24, 2.45) is 23.7 Å². The lowest BCUT2D eigenvalue weighted by Crippen LogP contribution is -2.52. The Labute approximate surface area is 117 Å². The maximum absolute atomic E-state index is 6.30. The molecule has 0 aromatic heterocycles. The molecule has 5 unspecified atom stereocenters. The highest BCUT2D eigenvalue weighted by Gasteiger charge is 2.41. The Morgan fingerprint density at radius 3 is 2.72 bits per heavy atom. The van der Waals surface area contributed by atoms with Crippen LogP contribution in [0.15, 0.2) is 0 Å². The molecule has 0 aromatic rings. The summed E-state index contributed by atoms with van der Waals surface area (Å²) in [7, 11) is 0. The number of hydrogen-bond donors (Lipinski definition) is 1. The van der Waals surface area contributed by atoms with Crippen molar-refractivity contribution in [1.82, 2.24) is 5.32 Å². The van der Waals surface area contributed by atoms with E-state index in [0.29, 0.717) is 0 Å². The van der Waals surface area contributed by atoms with Crippen LogP contribution in [0.2, 0.25) is 0 Å². The third-order valence-electron chi connectivity index (χ3n) is 5.97. The van der Waals surface area contributed by atoms with Crippen molar-refractivity contribution < 1.29 is 0 Å². The summed E-state index contributed by atoms with van der Waals surface area (Å²) < 4.78 is 0. The van der Waals surface area contributed by atoms with E-state index in [2.05, 4.69) is 12.2 Å². The first-order chi connectivity index (χ1) is 8.71. The van der Waals surface area contributed by atoms with Gasteiger partial charge in [0.1, 0.15) is 0 Å². The van der Waals surface area contributed by atoms with Gasteiger partial charge in [-0.2, -0.15) is 0 Å². The van der Waals surface area contributed by atoms with E-state index in [1.807, 2.05) is 0 Å². The highest BCUT2D eigenvalue weighted by molar-refractivity contribution is 6.18. The first-order valence-electron chi connectivity index (χ1n) is 8.02. The van der Waals surface area contributed by atoms with Gasteiger partial charge in [-0.25, -0.2) is 0 Å². The minimum atomic E-state index is 0.265. The van der Waals surface area contributed by atoms with Crippen molar-refractivity contribution in [1.29, 1.82) is 0 Å². The maximum atomic E-state index is 6.30. The molecule has 3 aliphatic rings. The minimum Gasteiger partial charge on any atom is -0.310 e. The van der Waals surface area contributed by atoms with E-state index in [1.165, 1.54) is 57.9 Å². The number of rotatable bonds is 4. The van der Waals surface area contributed by atoms with Gasteiger partial charge in [0.15, 0.2) is 0 Å². The molecular formula is C16H28ClN. The number of fused-ring (bicyclic) bond motifs is 2. The van der Waals surface area contributed by atoms with Gasteiger partial charge in [-0.1, -0.05) is 26.2 Å². The van der Waals surface area contributed by atoms with Crippen LogP contribution in [-0.2, 0) is 0 Å². The lowest BCUT2D eigenvalue weighted by molar-refractivity contribution is 0.188. The predicted molar refractivity (Wildman–Crippen MR) is 78.0 cm³/mol. The van der Waals surface area contributed by atoms with E-state index in [9.17, 15) is 0 Å². The van der Waals surface area contributed by atoms with E-state index in [0.717, 1.165) is 29.6 Å². The lowest BCUT2D eigenvalue weighted by atomic mass is 9.77. The van der Waals surface area contributed by atoms with Gasteiger partial charge >= 0.3 is 0 Å². The van der Waals surface area contributed by atoms with Crippen molar-refractivity contribution in [3.8, 4) is 0 Å². The van der Waals surface area contributed by atoms with Crippen molar-refractivity contribution in [3.05, 3.63) is 0 Å². The molecule has 3 saturated carbocycles. The van der Waals surface area contributed by atoms with E-state index in [4.69, 9.17) is 11.6 Å². The summed E-state index contributed by atoms with van der Waals surface area (Å²) in [5.41, 5.74) is 0.265. The van der Waals surface area contributed by atoms with Crippen LogP contribution in [0.5, 0.6) is 0 Å². The largest absolute Gasteiger partial charge is 0.310 e. The average Bonchev–Trinajstić information content (AvgIpc) is 2.98. The van der Waals surface area contributed by atoms with Crippen LogP contribution in [0.4, 0.5) is 0 Å². The summed E-state index contributed by atoms with van der Waals surface area (Å²) in [6.45, 7) is 3.63. The second kappa shape index (κ2) is 5.32. The number of alkyl halides is 1. The molecule has 3 aliphatic carbocycles. The SMILES string of the molecule is CC1CCCC(CCl)(NCC2CC3CCC2C3)C1. The maximum Gasteiger partial charge on any atom is 0.0406 e. The highest BCUT2D eigenvalue weighted by atomic mass is 35.5. The summed E-state index contributed by atoms with van der Waals surface area (Å²) in [6.07, 6.45) is 11.4. The Balaban J connectivity index is 1.54.